The van der Waals surface area contributed by atoms with E-state index < -0.39 is 0 Å². The predicted molar refractivity (Wildman–Crippen MR) is 78.2 cm³/mol. The molecule has 0 spiro atoms. The summed E-state index contributed by atoms with van der Waals surface area (Å²) in [6.07, 6.45) is 10.7. The van der Waals surface area contributed by atoms with Crippen molar-refractivity contribution < 1.29 is 4.79 Å². The molecule has 0 amide bonds. The number of hydrogen-bond acceptors (Lipinski definition) is 2. The topological polar surface area (TPSA) is 17.1 Å². The normalized spacial score (nSPS) is 23.7. The molecule has 1 nitrogen and oxygen atoms in total. The molecule has 3 aliphatic rings. The lowest BCUT2D eigenvalue weighted by Gasteiger charge is -2.32. The van der Waals surface area contributed by atoms with Gasteiger partial charge in [0.15, 0.2) is 5.78 Å². The van der Waals surface area contributed by atoms with E-state index in [-0.39, 0.29) is 5.78 Å². The Bertz CT molecular complexity index is 704. The molecule has 4 rings (SSSR count). The van der Waals surface area contributed by atoms with Gasteiger partial charge in [0.1, 0.15) is 0 Å². The maximum absolute atomic E-state index is 11.9. The highest BCUT2D eigenvalue weighted by Gasteiger charge is 2.32. The Morgan fingerprint density at radius 3 is 2.95 bits per heavy atom. The lowest BCUT2D eigenvalue weighted by molar-refractivity contribution is -0.111. The Balaban J connectivity index is 1.83. The van der Waals surface area contributed by atoms with E-state index in [1.165, 1.54) is 21.6 Å². The van der Waals surface area contributed by atoms with Gasteiger partial charge in [-0.05, 0) is 35.3 Å². The van der Waals surface area contributed by atoms with Crippen molar-refractivity contribution in [1.29, 1.82) is 0 Å². The third kappa shape index (κ3) is 1.67. The Labute approximate surface area is 116 Å². The molecular formula is C17H12OS. The second kappa shape index (κ2) is 4.10. The fraction of sp³-hybridized carbons (Fsp3) is 0.118. The quantitative estimate of drug-likeness (QED) is 0.711. The van der Waals surface area contributed by atoms with Gasteiger partial charge in [-0.1, -0.05) is 42.5 Å². The highest BCUT2D eigenvalue weighted by molar-refractivity contribution is 8.00. The summed E-state index contributed by atoms with van der Waals surface area (Å²) in [5.74, 6) is 0.132. The number of hydrogen-bond donors (Lipinski definition) is 0. The van der Waals surface area contributed by atoms with E-state index in [1.54, 1.807) is 6.08 Å². The first-order valence-corrected chi connectivity index (χ1v) is 7.29. The van der Waals surface area contributed by atoms with Crippen molar-refractivity contribution in [3.63, 3.8) is 0 Å². The van der Waals surface area contributed by atoms with E-state index in [2.05, 4.69) is 36.4 Å². The molecule has 2 heteroatoms. The molecule has 0 saturated heterocycles. The molecule has 1 atom stereocenters. The summed E-state index contributed by atoms with van der Waals surface area (Å²) in [5, 5.41) is 0.309. The number of rotatable bonds is 0. The Morgan fingerprint density at radius 1 is 1.11 bits per heavy atom. The zero-order chi connectivity index (χ0) is 12.8. The molecule has 1 unspecified atom stereocenters. The zero-order valence-electron chi connectivity index (χ0n) is 10.3. The van der Waals surface area contributed by atoms with E-state index in [0.717, 1.165) is 12.0 Å². The Kier molecular flexibility index (Phi) is 2.39. The van der Waals surface area contributed by atoms with Crippen molar-refractivity contribution in [3.8, 4) is 0 Å². The summed E-state index contributed by atoms with van der Waals surface area (Å²) in [7, 11) is 0. The van der Waals surface area contributed by atoms with Gasteiger partial charge in [-0.25, -0.2) is 0 Å². The third-order valence-electron chi connectivity index (χ3n) is 3.80. The number of ketones is 1. The second-order valence-electron chi connectivity index (χ2n) is 4.95. The van der Waals surface area contributed by atoms with Gasteiger partial charge >= 0.3 is 0 Å². The molecule has 2 aliphatic carbocycles. The first-order chi connectivity index (χ1) is 9.33. The van der Waals surface area contributed by atoms with E-state index >= 15 is 0 Å². The smallest absolute Gasteiger partial charge is 0.186 e. The monoisotopic (exact) mass is 264 g/mol. The predicted octanol–water partition coefficient (Wildman–Crippen LogP) is 3.64. The van der Waals surface area contributed by atoms with Crippen LogP contribution in [0.1, 0.15) is 5.56 Å². The van der Waals surface area contributed by atoms with Crippen LogP contribution in [0.4, 0.5) is 0 Å². The maximum Gasteiger partial charge on any atom is 0.186 e. The van der Waals surface area contributed by atoms with Gasteiger partial charge < -0.3 is 0 Å². The fourth-order valence-electron chi connectivity index (χ4n) is 2.85. The van der Waals surface area contributed by atoms with Crippen LogP contribution in [-0.2, 0) is 11.2 Å². The number of benzene rings is 1. The van der Waals surface area contributed by atoms with Gasteiger partial charge in [0.2, 0.25) is 0 Å². The lowest BCUT2D eigenvalue weighted by Crippen LogP contribution is -2.24. The van der Waals surface area contributed by atoms with Crippen molar-refractivity contribution in [2.45, 2.75) is 16.6 Å². The van der Waals surface area contributed by atoms with Crippen LogP contribution in [-0.4, -0.2) is 11.0 Å². The fourth-order valence-corrected chi connectivity index (χ4v) is 4.20. The molecule has 0 fully saturated rings. The molecule has 0 aromatic heterocycles. The maximum atomic E-state index is 11.9. The van der Waals surface area contributed by atoms with Gasteiger partial charge in [0.05, 0.1) is 5.25 Å². The van der Waals surface area contributed by atoms with Crippen LogP contribution >= 0.6 is 11.8 Å². The van der Waals surface area contributed by atoms with Crippen molar-refractivity contribution in [3.05, 3.63) is 76.9 Å². The number of carbonyl (C=O) groups is 1. The van der Waals surface area contributed by atoms with E-state index in [9.17, 15) is 4.79 Å². The summed E-state index contributed by atoms with van der Waals surface area (Å²) in [6.45, 7) is 0. The van der Waals surface area contributed by atoms with Gasteiger partial charge in [0.25, 0.3) is 0 Å². The SMILES string of the molecule is O=C1C=CC=C2C1=CC=C1Cc3ccccc3SC12. The average Bonchev–Trinajstić information content (AvgIpc) is 2.45. The number of carbonyl (C=O) groups excluding carboxylic acids is 1. The Hall–Kier alpha value is -1.80. The van der Waals surface area contributed by atoms with Gasteiger partial charge in [-0.3, -0.25) is 4.79 Å². The first kappa shape index (κ1) is 11.1. The summed E-state index contributed by atoms with van der Waals surface area (Å²) in [5.41, 5.74) is 4.83. The molecular weight excluding hydrogens is 252 g/mol. The summed E-state index contributed by atoms with van der Waals surface area (Å²) >= 11 is 1.87. The van der Waals surface area contributed by atoms with Gasteiger partial charge in [-0.2, -0.15) is 0 Å². The molecule has 19 heavy (non-hydrogen) atoms. The van der Waals surface area contributed by atoms with Crippen LogP contribution in [0.25, 0.3) is 0 Å². The van der Waals surface area contributed by atoms with E-state index in [4.69, 9.17) is 0 Å². The first-order valence-electron chi connectivity index (χ1n) is 6.41. The van der Waals surface area contributed by atoms with Crippen LogP contribution in [0.15, 0.2) is 76.3 Å². The standard InChI is InChI=1S/C17H12OS/c18-15-6-3-5-14-13(15)9-8-12-10-11-4-1-2-7-16(11)19-17(12)14/h1-9,17H,10H2. The van der Waals surface area contributed by atoms with Crippen LogP contribution in [0.2, 0.25) is 0 Å². The molecule has 0 radical (unpaired) electrons. The van der Waals surface area contributed by atoms with Crippen molar-refractivity contribution in [2.75, 3.05) is 0 Å². The minimum atomic E-state index is 0.132. The van der Waals surface area contributed by atoms with Crippen molar-refractivity contribution in [1.82, 2.24) is 0 Å². The largest absolute Gasteiger partial charge is 0.289 e. The molecule has 1 aromatic rings. The highest BCUT2D eigenvalue weighted by atomic mass is 32.2. The molecule has 1 heterocycles. The Morgan fingerprint density at radius 2 is 2.00 bits per heavy atom. The molecule has 0 saturated carbocycles. The minimum Gasteiger partial charge on any atom is -0.289 e. The minimum absolute atomic E-state index is 0.132. The van der Waals surface area contributed by atoms with Crippen molar-refractivity contribution >= 4 is 17.5 Å². The third-order valence-corrected chi connectivity index (χ3v) is 5.24. The summed E-state index contributed by atoms with van der Waals surface area (Å²) in [4.78, 5) is 13.3. The van der Waals surface area contributed by atoms with E-state index in [1.807, 2.05) is 23.9 Å². The number of thioether (sulfide) groups is 1. The van der Waals surface area contributed by atoms with Crippen molar-refractivity contribution in [2.24, 2.45) is 0 Å². The van der Waals surface area contributed by atoms with E-state index in [0.29, 0.717) is 5.25 Å². The molecule has 0 N–H and O–H groups in total. The number of allylic oxidation sites excluding steroid dienone is 6. The van der Waals surface area contributed by atoms with Gasteiger partial charge in [-0.15, -0.1) is 11.8 Å². The second-order valence-corrected chi connectivity index (χ2v) is 6.10. The summed E-state index contributed by atoms with van der Waals surface area (Å²) in [6, 6.07) is 8.55. The molecule has 0 bridgehead atoms. The lowest BCUT2D eigenvalue weighted by atomic mass is 9.84. The molecule has 1 aromatic carbocycles. The summed E-state index contributed by atoms with van der Waals surface area (Å²) < 4.78 is 0. The average molecular weight is 264 g/mol. The van der Waals surface area contributed by atoms with Crippen LogP contribution in [0.5, 0.6) is 0 Å². The molecule has 92 valence electrons. The molecule has 1 aliphatic heterocycles. The van der Waals surface area contributed by atoms with Crippen LogP contribution < -0.4 is 0 Å². The van der Waals surface area contributed by atoms with Crippen LogP contribution in [0, 0.1) is 0 Å². The number of fused-ring (bicyclic) bond motifs is 4. The van der Waals surface area contributed by atoms with Crippen LogP contribution in [0.3, 0.4) is 0 Å². The zero-order valence-corrected chi connectivity index (χ0v) is 11.1. The van der Waals surface area contributed by atoms with Gasteiger partial charge in [0, 0.05) is 10.5 Å². The highest BCUT2D eigenvalue weighted by Crippen LogP contribution is 2.45.